The third kappa shape index (κ3) is 3.92. The van der Waals surface area contributed by atoms with Crippen molar-refractivity contribution in [2.45, 2.75) is 32.1 Å². The number of hydrogen-bond donors (Lipinski definition) is 0. The minimum absolute atomic E-state index is 0.114. The van der Waals surface area contributed by atoms with E-state index in [0.29, 0.717) is 31.6 Å². The minimum Gasteiger partial charge on any atom is -0.308 e. The van der Waals surface area contributed by atoms with Crippen LogP contribution in [0.5, 0.6) is 0 Å². The lowest BCUT2D eigenvalue weighted by atomic mass is 10.1. The average molecular weight is 489 g/mol. The Balaban J connectivity index is 1.46. The Bertz CT molecular complexity index is 1520. The van der Waals surface area contributed by atoms with E-state index in [9.17, 15) is 13.2 Å². The number of aryl methyl sites for hydroxylation is 1. The van der Waals surface area contributed by atoms with E-state index in [4.69, 9.17) is 4.98 Å². The van der Waals surface area contributed by atoms with Gasteiger partial charge in [-0.15, -0.1) is 0 Å². The highest BCUT2D eigenvalue weighted by Gasteiger charge is 2.29. The molecule has 8 heteroatoms. The zero-order valence-electron chi connectivity index (χ0n) is 20.1. The highest BCUT2D eigenvalue weighted by molar-refractivity contribution is 7.89. The molecule has 0 bridgehead atoms. The van der Waals surface area contributed by atoms with Crippen molar-refractivity contribution < 1.29 is 13.2 Å². The Hall–Kier alpha value is -3.49. The molecule has 0 saturated heterocycles. The van der Waals surface area contributed by atoms with Gasteiger partial charge in [0.2, 0.25) is 10.0 Å². The molecule has 0 fully saturated rings. The van der Waals surface area contributed by atoms with Gasteiger partial charge in [0.05, 0.1) is 15.9 Å². The van der Waals surface area contributed by atoms with Gasteiger partial charge in [-0.2, -0.15) is 4.31 Å². The van der Waals surface area contributed by atoms with Crippen LogP contribution in [0.3, 0.4) is 0 Å². The van der Waals surface area contributed by atoms with Gasteiger partial charge in [0.1, 0.15) is 5.82 Å². The van der Waals surface area contributed by atoms with E-state index >= 15 is 0 Å². The smallest absolute Gasteiger partial charge is 0.258 e. The molecule has 180 valence electrons. The number of para-hydroxylation sites is 1. The number of rotatable bonds is 6. The Morgan fingerprint density at radius 2 is 1.74 bits per heavy atom. The highest BCUT2D eigenvalue weighted by atomic mass is 32.2. The molecule has 1 aliphatic rings. The molecule has 1 aliphatic heterocycles. The molecule has 4 aromatic rings. The molecule has 3 aromatic carbocycles. The van der Waals surface area contributed by atoms with Gasteiger partial charge >= 0.3 is 0 Å². The summed E-state index contributed by atoms with van der Waals surface area (Å²) in [6, 6.07) is 20.7. The molecule has 7 nitrogen and oxygen atoms in total. The van der Waals surface area contributed by atoms with Crippen molar-refractivity contribution in [1.29, 1.82) is 0 Å². The second-order valence-electron chi connectivity index (χ2n) is 8.62. The van der Waals surface area contributed by atoms with Crippen LogP contribution in [0.25, 0.3) is 16.7 Å². The molecule has 0 aliphatic carbocycles. The summed E-state index contributed by atoms with van der Waals surface area (Å²) in [4.78, 5) is 20.2. The van der Waals surface area contributed by atoms with Crippen molar-refractivity contribution >= 4 is 32.7 Å². The van der Waals surface area contributed by atoms with E-state index in [0.717, 1.165) is 33.8 Å². The average Bonchev–Trinajstić information content (AvgIpc) is 3.43. The zero-order valence-corrected chi connectivity index (χ0v) is 20.9. The van der Waals surface area contributed by atoms with Crippen LogP contribution < -0.4 is 4.90 Å². The summed E-state index contributed by atoms with van der Waals surface area (Å²) < 4.78 is 29.4. The van der Waals surface area contributed by atoms with Crippen LogP contribution >= 0.6 is 0 Å². The normalized spacial score (nSPS) is 13.5. The SMILES string of the molecule is CCN(CC)S(=O)(=O)c1ccc2c(c1)CCN2C(=O)c1ccc2c(c1)nc(C)n2-c1ccccc1. The first-order valence-corrected chi connectivity index (χ1v) is 13.3. The van der Waals surface area contributed by atoms with Crippen molar-refractivity contribution in [3.05, 3.63) is 83.7 Å². The predicted molar refractivity (Wildman–Crippen MR) is 138 cm³/mol. The van der Waals surface area contributed by atoms with Gasteiger partial charge in [-0.05, 0) is 67.4 Å². The molecule has 2 heterocycles. The number of hydrogen-bond acceptors (Lipinski definition) is 4. The molecule has 0 N–H and O–H groups in total. The molecule has 0 spiro atoms. The quantitative estimate of drug-likeness (QED) is 0.399. The first kappa shape index (κ1) is 23.3. The zero-order chi connectivity index (χ0) is 24.7. The molecule has 1 amide bonds. The minimum atomic E-state index is -3.54. The lowest BCUT2D eigenvalue weighted by Gasteiger charge is -2.20. The molecule has 0 unspecified atom stereocenters. The fraction of sp³-hybridized carbons (Fsp3) is 0.259. The molecule has 0 saturated carbocycles. The van der Waals surface area contributed by atoms with Gasteiger partial charge in [-0.1, -0.05) is 32.0 Å². The monoisotopic (exact) mass is 488 g/mol. The first-order valence-electron chi connectivity index (χ1n) is 11.8. The van der Waals surface area contributed by atoms with E-state index in [1.54, 1.807) is 23.1 Å². The molecule has 5 rings (SSSR count). The summed E-state index contributed by atoms with van der Waals surface area (Å²) in [6.07, 6.45) is 0.618. The topological polar surface area (TPSA) is 75.5 Å². The van der Waals surface area contributed by atoms with Crippen LogP contribution in [0.4, 0.5) is 5.69 Å². The predicted octanol–water partition coefficient (Wildman–Crippen LogP) is 4.57. The summed E-state index contributed by atoms with van der Waals surface area (Å²) >= 11 is 0. The summed E-state index contributed by atoms with van der Waals surface area (Å²) in [5.41, 5.74) is 4.92. The summed E-state index contributed by atoms with van der Waals surface area (Å²) in [5.74, 6) is 0.737. The Labute approximate surface area is 205 Å². The lowest BCUT2D eigenvalue weighted by molar-refractivity contribution is 0.0989. The maximum absolute atomic E-state index is 13.5. The van der Waals surface area contributed by atoms with Crippen molar-refractivity contribution in [1.82, 2.24) is 13.9 Å². The van der Waals surface area contributed by atoms with Crippen LogP contribution in [-0.2, 0) is 16.4 Å². The summed E-state index contributed by atoms with van der Waals surface area (Å²) in [7, 11) is -3.54. The van der Waals surface area contributed by atoms with E-state index in [2.05, 4.69) is 4.57 Å². The summed E-state index contributed by atoms with van der Waals surface area (Å²) in [5, 5.41) is 0. The number of nitrogens with zero attached hydrogens (tertiary/aromatic N) is 4. The number of carbonyl (C=O) groups is 1. The van der Waals surface area contributed by atoms with Crippen LogP contribution in [0.15, 0.2) is 71.6 Å². The van der Waals surface area contributed by atoms with Gasteiger partial charge in [-0.25, -0.2) is 13.4 Å². The van der Waals surface area contributed by atoms with Crippen LogP contribution in [0, 0.1) is 6.92 Å². The molecular weight excluding hydrogens is 460 g/mol. The summed E-state index contributed by atoms with van der Waals surface area (Å²) in [6.45, 7) is 6.96. The Morgan fingerprint density at radius 3 is 2.46 bits per heavy atom. The van der Waals surface area contributed by atoms with Crippen molar-refractivity contribution in [3.63, 3.8) is 0 Å². The number of benzene rings is 3. The number of carbonyl (C=O) groups excluding carboxylic acids is 1. The Kier molecular flexibility index (Phi) is 5.94. The van der Waals surface area contributed by atoms with Gasteiger partial charge in [0, 0.05) is 36.6 Å². The maximum atomic E-state index is 13.5. The van der Waals surface area contributed by atoms with Crippen molar-refractivity contribution in [3.8, 4) is 5.69 Å². The maximum Gasteiger partial charge on any atom is 0.258 e. The molecule has 0 radical (unpaired) electrons. The fourth-order valence-corrected chi connectivity index (χ4v) is 6.36. The van der Waals surface area contributed by atoms with Gasteiger partial charge in [-0.3, -0.25) is 9.36 Å². The molecule has 0 atom stereocenters. The Morgan fingerprint density at radius 1 is 1.00 bits per heavy atom. The number of fused-ring (bicyclic) bond motifs is 2. The number of amides is 1. The van der Waals surface area contributed by atoms with Crippen LogP contribution in [-0.4, -0.2) is 47.8 Å². The van der Waals surface area contributed by atoms with Crippen molar-refractivity contribution in [2.75, 3.05) is 24.5 Å². The number of imidazole rings is 1. The van der Waals surface area contributed by atoms with Gasteiger partial charge in [0.25, 0.3) is 5.91 Å². The first-order chi connectivity index (χ1) is 16.8. The second kappa shape index (κ2) is 8.94. The third-order valence-corrected chi connectivity index (χ3v) is 8.66. The number of sulfonamides is 1. The fourth-order valence-electron chi connectivity index (χ4n) is 4.85. The second-order valence-corrected chi connectivity index (χ2v) is 10.6. The van der Waals surface area contributed by atoms with Crippen molar-refractivity contribution in [2.24, 2.45) is 0 Å². The lowest BCUT2D eigenvalue weighted by Crippen LogP contribution is -2.30. The number of aromatic nitrogens is 2. The molecular formula is C27H28N4O3S. The molecule has 1 aromatic heterocycles. The van der Waals surface area contributed by atoms with Gasteiger partial charge < -0.3 is 4.90 Å². The van der Waals surface area contributed by atoms with Crippen LogP contribution in [0.2, 0.25) is 0 Å². The third-order valence-electron chi connectivity index (χ3n) is 6.62. The van der Waals surface area contributed by atoms with E-state index < -0.39 is 10.0 Å². The highest BCUT2D eigenvalue weighted by Crippen LogP contribution is 2.33. The standard InChI is InChI=1S/C27H28N4O3S/c1-4-29(5-2)35(33,34)23-12-14-25-20(17-23)15-16-30(25)27(32)21-11-13-26-24(18-21)28-19(3)31(26)22-9-7-6-8-10-22/h6-14,17-18H,4-5,15-16H2,1-3H3. The largest absolute Gasteiger partial charge is 0.308 e. The van der Waals surface area contributed by atoms with Gasteiger partial charge in [0.15, 0.2) is 0 Å². The van der Waals surface area contributed by atoms with E-state index in [1.807, 2.05) is 69.3 Å². The van der Waals surface area contributed by atoms with E-state index in [-0.39, 0.29) is 10.8 Å². The molecule has 35 heavy (non-hydrogen) atoms. The number of anilines is 1. The van der Waals surface area contributed by atoms with Crippen LogP contribution in [0.1, 0.15) is 35.6 Å². The van der Waals surface area contributed by atoms with E-state index in [1.165, 1.54) is 4.31 Å².